The van der Waals surface area contributed by atoms with Gasteiger partial charge < -0.3 is 14.9 Å². The van der Waals surface area contributed by atoms with Gasteiger partial charge in [-0.1, -0.05) is 73.8 Å². The van der Waals surface area contributed by atoms with Crippen LogP contribution < -0.4 is 0 Å². The Morgan fingerprint density at radius 2 is 1.46 bits per heavy atom. The number of benzene rings is 1. The molecule has 0 fully saturated rings. The Balaban J connectivity index is 2.15. The Morgan fingerprint density at radius 1 is 0.892 bits per heavy atom. The number of phenols is 1. The van der Waals surface area contributed by atoms with Crippen LogP contribution in [0.3, 0.4) is 0 Å². The Morgan fingerprint density at radius 3 is 2.00 bits per heavy atom. The summed E-state index contributed by atoms with van der Waals surface area (Å²) in [6.07, 6.45) is 30.0. The average Bonchev–Trinajstić information content (AvgIpc) is 2.88. The molecule has 2 N–H and O–H groups in total. The van der Waals surface area contributed by atoms with Crippen LogP contribution in [0.5, 0.6) is 5.75 Å². The Hall–Kier alpha value is -2.83. The SMILES string of the molecule is CC/C=C\C/C=C\C/C=C\C/C=C\C/C=C\CCCCSC(OC)C(=O)Cc1ccc(O)c(C(=O)O)c1. The molecule has 1 aromatic rings. The second-order valence-corrected chi connectivity index (χ2v) is 9.61. The second-order valence-electron chi connectivity index (χ2n) is 8.44. The van der Waals surface area contributed by atoms with Crippen LogP contribution in [0, 0.1) is 0 Å². The summed E-state index contributed by atoms with van der Waals surface area (Å²) in [5.74, 6) is -0.844. The van der Waals surface area contributed by atoms with Crippen LogP contribution in [0.2, 0.25) is 0 Å². The summed E-state index contributed by atoms with van der Waals surface area (Å²) < 4.78 is 5.34. The molecular formula is C31H42O5S. The molecule has 0 saturated carbocycles. The summed E-state index contributed by atoms with van der Waals surface area (Å²) in [5, 5.41) is 18.7. The van der Waals surface area contributed by atoms with E-state index in [2.05, 4.69) is 67.7 Å². The van der Waals surface area contributed by atoms with Crippen LogP contribution in [-0.4, -0.2) is 40.3 Å². The highest BCUT2D eigenvalue weighted by Crippen LogP contribution is 2.21. The molecule has 0 heterocycles. The zero-order valence-corrected chi connectivity index (χ0v) is 23.0. The van der Waals surface area contributed by atoms with E-state index >= 15 is 0 Å². The summed E-state index contributed by atoms with van der Waals surface area (Å²) in [6.45, 7) is 2.14. The molecule has 0 aliphatic carbocycles. The summed E-state index contributed by atoms with van der Waals surface area (Å²) in [5.41, 5.74) is -0.251. The fraction of sp³-hybridized carbons (Fsp3) is 0.419. The molecule has 1 aromatic carbocycles. The first-order chi connectivity index (χ1) is 18.0. The van der Waals surface area contributed by atoms with Gasteiger partial charge in [0.2, 0.25) is 0 Å². The minimum absolute atomic E-state index is 0.0616. The number of carboxylic acids is 1. The van der Waals surface area contributed by atoms with Gasteiger partial charge >= 0.3 is 5.97 Å². The van der Waals surface area contributed by atoms with Crippen LogP contribution in [0.4, 0.5) is 0 Å². The lowest BCUT2D eigenvalue weighted by molar-refractivity contribution is -0.123. The molecule has 0 aromatic heterocycles. The number of unbranched alkanes of at least 4 members (excludes halogenated alkanes) is 2. The van der Waals surface area contributed by atoms with Crippen molar-refractivity contribution in [2.75, 3.05) is 12.9 Å². The fourth-order valence-electron chi connectivity index (χ4n) is 3.36. The highest BCUT2D eigenvalue weighted by Gasteiger charge is 2.19. The van der Waals surface area contributed by atoms with Gasteiger partial charge in [0.1, 0.15) is 11.3 Å². The minimum atomic E-state index is -1.23. The normalized spacial score (nSPS) is 13.1. The number of rotatable bonds is 20. The highest BCUT2D eigenvalue weighted by atomic mass is 32.2. The Labute approximate surface area is 226 Å². The summed E-state index contributed by atoms with van der Waals surface area (Å²) in [4.78, 5) is 23.7. The van der Waals surface area contributed by atoms with Crippen molar-refractivity contribution in [3.05, 3.63) is 90.1 Å². The molecule has 0 aliphatic rings. The van der Waals surface area contributed by atoms with E-state index in [0.717, 1.165) is 57.1 Å². The zero-order chi connectivity index (χ0) is 27.1. The monoisotopic (exact) mass is 526 g/mol. The number of thioether (sulfide) groups is 1. The minimum Gasteiger partial charge on any atom is -0.507 e. The van der Waals surface area contributed by atoms with Crippen LogP contribution in [0.1, 0.15) is 74.2 Å². The van der Waals surface area contributed by atoms with Gasteiger partial charge in [-0.25, -0.2) is 4.79 Å². The molecule has 202 valence electrons. The van der Waals surface area contributed by atoms with E-state index in [1.165, 1.54) is 31.0 Å². The molecule has 1 unspecified atom stereocenters. The molecule has 6 heteroatoms. The van der Waals surface area contributed by atoms with Crippen molar-refractivity contribution in [3.8, 4) is 5.75 Å². The molecule has 0 aliphatic heterocycles. The van der Waals surface area contributed by atoms with Crippen molar-refractivity contribution in [2.45, 2.75) is 70.1 Å². The summed E-state index contributed by atoms with van der Waals surface area (Å²) >= 11 is 1.46. The maximum atomic E-state index is 12.6. The number of allylic oxidation sites excluding steroid dienone is 10. The number of carboxylic acid groups (broad SMARTS) is 1. The third-order valence-electron chi connectivity index (χ3n) is 5.34. The van der Waals surface area contributed by atoms with Crippen LogP contribution in [0.25, 0.3) is 0 Å². The lowest BCUT2D eigenvalue weighted by Crippen LogP contribution is -2.22. The van der Waals surface area contributed by atoms with Gasteiger partial charge in [0, 0.05) is 13.5 Å². The molecule has 0 amide bonds. The first-order valence-corrected chi connectivity index (χ1v) is 14.0. The number of Topliss-reactive ketones (excluding diaryl/α,β-unsaturated/α-hetero) is 1. The number of carbonyl (C=O) groups is 2. The Bertz CT molecular complexity index is 943. The smallest absolute Gasteiger partial charge is 0.339 e. The lowest BCUT2D eigenvalue weighted by Gasteiger charge is -2.14. The number of carbonyl (C=O) groups excluding carboxylic acids is 1. The lowest BCUT2D eigenvalue weighted by atomic mass is 10.1. The highest BCUT2D eigenvalue weighted by molar-refractivity contribution is 8.00. The molecule has 0 radical (unpaired) electrons. The number of ketones is 1. The van der Waals surface area contributed by atoms with Crippen molar-refractivity contribution in [1.29, 1.82) is 0 Å². The maximum absolute atomic E-state index is 12.6. The van der Waals surface area contributed by atoms with E-state index in [1.54, 1.807) is 6.07 Å². The fourth-order valence-corrected chi connectivity index (χ4v) is 4.35. The van der Waals surface area contributed by atoms with Crippen molar-refractivity contribution < 1.29 is 24.5 Å². The number of hydrogen-bond donors (Lipinski definition) is 2. The van der Waals surface area contributed by atoms with Gasteiger partial charge in [-0.3, -0.25) is 4.79 Å². The van der Waals surface area contributed by atoms with Gasteiger partial charge in [0.15, 0.2) is 11.2 Å². The number of methoxy groups -OCH3 is 1. The number of aromatic carboxylic acids is 1. The predicted molar refractivity (Wildman–Crippen MR) is 155 cm³/mol. The van der Waals surface area contributed by atoms with Gasteiger partial charge in [-0.2, -0.15) is 0 Å². The molecule has 0 spiro atoms. The topological polar surface area (TPSA) is 83.8 Å². The van der Waals surface area contributed by atoms with Crippen LogP contribution in [-0.2, 0) is 16.0 Å². The maximum Gasteiger partial charge on any atom is 0.339 e. The van der Waals surface area contributed by atoms with E-state index in [-0.39, 0.29) is 23.5 Å². The van der Waals surface area contributed by atoms with E-state index in [9.17, 15) is 14.7 Å². The van der Waals surface area contributed by atoms with Gasteiger partial charge in [0.25, 0.3) is 0 Å². The van der Waals surface area contributed by atoms with Gasteiger partial charge in [-0.15, -0.1) is 11.8 Å². The predicted octanol–water partition coefficient (Wildman–Crippen LogP) is 7.83. The van der Waals surface area contributed by atoms with Gasteiger partial charge in [0.05, 0.1) is 0 Å². The largest absolute Gasteiger partial charge is 0.507 e. The second kappa shape index (κ2) is 21.3. The van der Waals surface area contributed by atoms with E-state index in [1.807, 2.05) is 0 Å². The van der Waals surface area contributed by atoms with Crippen molar-refractivity contribution in [3.63, 3.8) is 0 Å². The number of aromatic hydroxyl groups is 1. The van der Waals surface area contributed by atoms with Crippen molar-refractivity contribution in [1.82, 2.24) is 0 Å². The molecule has 5 nitrogen and oxygen atoms in total. The van der Waals surface area contributed by atoms with Gasteiger partial charge in [-0.05, 0) is 74.8 Å². The number of ether oxygens (including phenoxy) is 1. The van der Waals surface area contributed by atoms with Crippen LogP contribution in [0.15, 0.2) is 79.0 Å². The molecule has 37 heavy (non-hydrogen) atoms. The molecule has 1 atom stereocenters. The van der Waals surface area contributed by atoms with Crippen LogP contribution >= 0.6 is 11.8 Å². The van der Waals surface area contributed by atoms with Crippen molar-refractivity contribution in [2.24, 2.45) is 0 Å². The molecule has 0 bridgehead atoms. The summed E-state index contributed by atoms with van der Waals surface area (Å²) in [6, 6.07) is 4.19. The average molecular weight is 527 g/mol. The quantitative estimate of drug-likeness (QED) is 0.102. The van der Waals surface area contributed by atoms with E-state index in [4.69, 9.17) is 9.84 Å². The first kappa shape index (κ1) is 32.2. The zero-order valence-electron chi connectivity index (χ0n) is 22.2. The van der Waals surface area contributed by atoms with Crippen molar-refractivity contribution >= 4 is 23.5 Å². The first-order valence-electron chi connectivity index (χ1n) is 13.0. The standard InChI is InChI=1S/C31H42O5S/c1-3-4-5-6-7-8-9-10-11-12-13-14-15-16-17-18-19-20-23-37-31(36-2)29(33)25-26-21-22-28(32)27(24-26)30(34)35/h4-5,7-8,10-11,13-14,16-17,21-22,24,31-32H,3,6,9,12,15,18-20,23,25H2,1-2H3,(H,34,35)/b5-4-,8-7-,11-10-,14-13-,17-16-. The third-order valence-corrected chi connectivity index (χ3v) is 6.62. The molecular weight excluding hydrogens is 484 g/mol. The van der Waals surface area contributed by atoms with E-state index < -0.39 is 11.4 Å². The summed E-state index contributed by atoms with van der Waals surface area (Å²) in [7, 11) is 1.51. The Kier molecular flexibility index (Phi) is 18.5. The van der Waals surface area contributed by atoms with E-state index in [0.29, 0.717) is 5.56 Å². The number of hydrogen-bond acceptors (Lipinski definition) is 5. The molecule has 0 saturated heterocycles. The molecule has 1 rings (SSSR count). The third kappa shape index (κ3) is 15.8.